The quantitative estimate of drug-likeness (QED) is 0.805. The fourth-order valence-corrected chi connectivity index (χ4v) is 3.17. The summed E-state index contributed by atoms with van der Waals surface area (Å²) in [4.78, 5) is 3.22. The normalized spacial score (nSPS) is 10.6. The molecule has 1 aromatic carbocycles. The summed E-state index contributed by atoms with van der Waals surface area (Å²) < 4.78 is 10.6. The van der Waals surface area contributed by atoms with Crippen LogP contribution in [0.2, 0.25) is 0 Å². The van der Waals surface area contributed by atoms with Gasteiger partial charge in [0.25, 0.3) is 0 Å². The molecule has 2 rings (SSSR count). The first-order chi connectivity index (χ1) is 11.2. The number of benzene rings is 1. The van der Waals surface area contributed by atoms with E-state index >= 15 is 0 Å². The third kappa shape index (κ3) is 4.70. The van der Waals surface area contributed by atoms with Crippen LogP contribution in [0.4, 0.5) is 0 Å². The SMILES string of the molecule is COc1ccc(CN(CCO)Cc2cc(C#N)cs2)c(OC)c1. The van der Waals surface area contributed by atoms with Crippen molar-refractivity contribution in [3.63, 3.8) is 0 Å². The largest absolute Gasteiger partial charge is 0.497 e. The number of methoxy groups -OCH3 is 2. The van der Waals surface area contributed by atoms with Crippen molar-refractivity contribution in [2.24, 2.45) is 0 Å². The van der Waals surface area contributed by atoms with Gasteiger partial charge in [-0.05, 0) is 12.1 Å². The molecule has 1 heterocycles. The highest BCUT2D eigenvalue weighted by molar-refractivity contribution is 7.10. The van der Waals surface area contributed by atoms with Crippen molar-refractivity contribution in [3.8, 4) is 17.6 Å². The van der Waals surface area contributed by atoms with Crippen molar-refractivity contribution in [3.05, 3.63) is 45.6 Å². The van der Waals surface area contributed by atoms with E-state index in [2.05, 4.69) is 11.0 Å². The van der Waals surface area contributed by atoms with E-state index in [0.717, 1.165) is 21.9 Å². The Hall–Kier alpha value is -2.07. The van der Waals surface area contributed by atoms with Gasteiger partial charge in [0.15, 0.2) is 0 Å². The van der Waals surface area contributed by atoms with E-state index < -0.39 is 0 Å². The zero-order chi connectivity index (χ0) is 16.7. The molecule has 0 radical (unpaired) electrons. The van der Waals surface area contributed by atoms with Gasteiger partial charge in [-0.2, -0.15) is 5.26 Å². The van der Waals surface area contributed by atoms with Crippen molar-refractivity contribution in [2.45, 2.75) is 13.1 Å². The summed E-state index contributed by atoms with van der Waals surface area (Å²) in [6, 6.07) is 9.75. The summed E-state index contributed by atoms with van der Waals surface area (Å²) in [5.74, 6) is 1.51. The molecular formula is C17H20N2O3S. The molecule has 0 aliphatic carbocycles. The maximum absolute atomic E-state index is 9.31. The average Bonchev–Trinajstić information content (AvgIpc) is 3.03. The molecular weight excluding hydrogens is 312 g/mol. The van der Waals surface area contributed by atoms with Crippen LogP contribution < -0.4 is 9.47 Å². The lowest BCUT2D eigenvalue weighted by molar-refractivity contribution is 0.184. The maximum Gasteiger partial charge on any atom is 0.127 e. The molecule has 1 aromatic heterocycles. The van der Waals surface area contributed by atoms with Gasteiger partial charge >= 0.3 is 0 Å². The van der Waals surface area contributed by atoms with Crippen LogP contribution in [0.5, 0.6) is 11.5 Å². The molecule has 0 saturated heterocycles. The summed E-state index contributed by atoms with van der Waals surface area (Å²) >= 11 is 1.56. The lowest BCUT2D eigenvalue weighted by atomic mass is 10.1. The zero-order valence-electron chi connectivity index (χ0n) is 13.3. The second-order valence-electron chi connectivity index (χ2n) is 5.03. The molecule has 0 saturated carbocycles. The van der Waals surface area contributed by atoms with Gasteiger partial charge in [0.2, 0.25) is 0 Å². The van der Waals surface area contributed by atoms with Gasteiger partial charge < -0.3 is 14.6 Å². The van der Waals surface area contributed by atoms with Crippen LogP contribution in [0.15, 0.2) is 29.6 Å². The van der Waals surface area contributed by atoms with E-state index in [1.165, 1.54) is 0 Å². The van der Waals surface area contributed by atoms with Gasteiger partial charge in [-0.15, -0.1) is 11.3 Å². The standard InChI is InChI=1S/C17H20N2O3S/c1-21-15-4-3-14(17(8-15)22-2)10-19(5-6-20)11-16-7-13(9-18)12-23-16/h3-4,7-8,12,20H,5-6,10-11H2,1-2H3. The van der Waals surface area contributed by atoms with E-state index in [9.17, 15) is 5.11 Å². The van der Waals surface area contributed by atoms with Gasteiger partial charge in [-0.3, -0.25) is 4.90 Å². The Labute approximate surface area is 140 Å². The average molecular weight is 332 g/mol. The van der Waals surface area contributed by atoms with Crippen LogP contribution in [0.25, 0.3) is 0 Å². The fourth-order valence-electron chi connectivity index (χ4n) is 2.32. The van der Waals surface area contributed by atoms with E-state index in [1.54, 1.807) is 25.6 Å². The Morgan fingerprint density at radius 2 is 2.04 bits per heavy atom. The van der Waals surface area contributed by atoms with Crippen molar-refractivity contribution in [2.75, 3.05) is 27.4 Å². The first kappa shape index (κ1) is 17.3. The Kier molecular flexibility index (Phi) is 6.41. The monoisotopic (exact) mass is 332 g/mol. The van der Waals surface area contributed by atoms with E-state index in [0.29, 0.717) is 25.2 Å². The van der Waals surface area contributed by atoms with Gasteiger partial charge in [0, 0.05) is 41.5 Å². The summed E-state index contributed by atoms with van der Waals surface area (Å²) in [5, 5.41) is 20.1. The molecule has 0 fully saturated rings. The molecule has 0 bridgehead atoms. The molecule has 23 heavy (non-hydrogen) atoms. The predicted octanol–water partition coefficient (Wildman–Crippen LogP) is 2.63. The van der Waals surface area contributed by atoms with Crippen LogP contribution in [0, 0.1) is 11.3 Å². The highest BCUT2D eigenvalue weighted by atomic mass is 32.1. The second kappa shape index (κ2) is 8.53. The number of ether oxygens (including phenoxy) is 2. The highest BCUT2D eigenvalue weighted by Gasteiger charge is 2.12. The third-order valence-electron chi connectivity index (χ3n) is 3.47. The van der Waals surface area contributed by atoms with Crippen LogP contribution in [0.1, 0.15) is 16.0 Å². The minimum atomic E-state index is 0.0783. The summed E-state index contributed by atoms with van der Waals surface area (Å²) in [5.41, 5.74) is 1.70. The second-order valence-corrected chi connectivity index (χ2v) is 6.02. The minimum absolute atomic E-state index is 0.0783. The molecule has 0 aliphatic rings. The van der Waals surface area contributed by atoms with Gasteiger partial charge in [-0.25, -0.2) is 0 Å². The molecule has 0 atom stereocenters. The van der Waals surface area contributed by atoms with Gasteiger partial charge in [-0.1, -0.05) is 6.07 Å². The number of rotatable bonds is 8. The number of thiophene rings is 1. The van der Waals surface area contributed by atoms with Crippen LogP contribution in [-0.2, 0) is 13.1 Å². The number of hydrogen-bond acceptors (Lipinski definition) is 6. The van der Waals surface area contributed by atoms with Gasteiger partial charge in [0.1, 0.15) is 17.6 Å². The Bertz CT molecular complexity index is 679. The van der Waals surface area contributed by atoms with Crippen molar-refractivity contribution in [1.29, 1.82) is 5.26 Å². The number of nitrogens with zero attached hydrogens (tertiary/aromatic N) is 2. The van der Waals surface area contributed by atoms with Crippen molar-refractivity contribution >= 4 is 11.3 Å². The number of aliphatic hydroxyl groups is 1. The zero-order valence-corrected chi connectivity index (χ0v) is 14.1. The van der Waals surface area contributed by atoms with Crippen molar-refractivity contribution < 1.29 is 14.6 Å². The highest BCUT2D eigenvalue weighted by Crippen LogP contribution is 2.26. The minimum Gasteiger partial charge on any atom is -0.497 e. The molecule has 0 spiro atoms. The lowest BCUT2D eigenvalue weighted by Gasteiger charge is -2.22. The number of nitriles is 1. The number of hydrogen-bond donors (Lipinski definition) is 1. The summed E-state index contributed by atoms with van der Waals surface area (Å²) in [6.07, 6.45) is 0. The molecule has 122 valence electrons. The van der Waals surface area contributed by atoms with Crippen LogP contribution >= 0.6 is 11.3 Å². The molecule has 0 amide bonds. The van der Waals surface area contributed by atoms with E-state index in [1.807, 2.05) is 29.6 Å². The van der Waals surface area contributed by atoms with Gasteiger partial charge in [0.05, 0.1) is 26.4 Å². The first-order valence-electron chi connectivity index (χ1n) is 7.21. The topological polar surface area (TPSA) is 65.7 Å². The first-order valence-corrected chi connectivity index (χ1v) is 8.09. The maximum atomic E-state index is 9.31. The summed E-state index contributed by atoms with van der Waals surface area (Å²) in [7, 11) is 3.25. The number of aliphatic hydroxyl groups excluding tert-OH is 1. The Morgan fingerprint density at radius 3 is 2.65 bits per heavy atom. The Balaban J connectivity index is 2.14. The molecule has 1 N–H and O–H groups in total. The summed E-state index contributed by atoms with van der Waals surface area (Å²) in [6.45, 7) is 1.96. The van der Waals surface area contributed by atoms with Crippen molar-refractivity contribution in [1.82, 2.24) is 4.90 Å². The molecule has 6 heteroatoms. The molecule has 0 unspecified atom stereocenters. The molecule has 5 nitrogen and oxygen atoms in total. The Morgan fingerprint density at radius 1 is 1.22 bits per heavy atom. The van der Waals surface area contributed by atoms with E-state index in [4.69, 9.17) is 14.7 Å². The van der Waals surface area contributed by atoms with Crippen LogP contribution in [-0.4, -0.2) is 37.4 Å². The van der Waals surface area contributed by atoms with Crippen LogP contribution in [0.3, 0.4) is 0 Å². The predicted molar refractivity (Wildman–Crippen MR) is 89.8 cm³/mol. The molecule has 0 aliphatic heterocycles. The molecule has 2 aromatic rings. The van der Waals surface area contributed by atoms with E-state index in [-0.39, 0.29) is 6.61 Å². The smallest absolute Gasteiger partial charge is 0.127 e. The third-order valence-corrected chi connectivity index (χ3v) is 4.39. The fraction of sp³-hybridized carbons (Fsp3) is 0.353. The lowest BCUT2D eigenvalue weighted by Crippen LogP contribution is -2.25.